The molecule has 0 aliphatic rings. The van der Waals surface area contributed by atoms with Crippen LogP contribution in [0.3, 0.4) is 0 Å². The van der Waals surface area contributed by atoms with E-state index >= 15 is 0 Å². The highest BCUT2D eigenvalue weighted by atomic mass is 32.1. The maximum atomic E-state index is 12.1. The van der Waals surface area contributed by atoms with Crippen molar-refractivity contribution in [1.82, 2.24) is 15.0 Å². The van der Waals surface area contributed by atoms with E-state index in [4.69, 9.17) is 5.73 Å². The van der Waals surface area contributed by atoms with Crippen LogP contribution in [-0.4, -0.2) is 15.0 Å². The lowest BCUT2D eigenvalue weighted by molar-refractivity contribution is 0.849. The second-order valence-electron chi connectivity index (χ2n) is 4.87. The summed E-state index contributed by atoms with van der Waals surface area (Å²) in [6.45, 7) is 3.99. The van der Waals surface area contributed by atoms with Gasteiger partial charge in [-0.25, -0.2) is 9.97 Å². The molecule has 21 heavy (non-hydrogen) atoms. The average molecular weight is 301 g/mol. The number of nitrogens with zero attached hydrogens (tertiary/aromatic N) is 2. The molecule has 6 nitrogen and oxygen atoms in total. The fraction of sp³-hybridized carbons (Fsp3) is 0.214. The van der Waals surface area contributed by atoms with Crippen LogP contribution < -0.4 is 16.6 Å². The van der Waals surface area contributed by atoms with Crippen molar-refractivity contribution in [2.45, 2.75) is 19.9 Å². The number of rotatable bonds is 3. The Hall–Kier alpha value is -2.41. The standard InChI is InChI=1S/C14H15N5OS/c1-7-6-16-13(21-7)8(2)17-14-18-11-4-3-9(15)5-10(11)12(20)19-14/h3-6,8H,15H2,1-2H3,(H2,17,18,19,20). The van der Waals surface area contributed by atoms with Crippen LogP contribution in [0.1, 0.15) is 22.9 Å². The summed E-state index contributed by atoms with van der Waals surface area (Å²) < 4.78 is 0. The quantitative estimate of drug-likeness (QED) is 0.646. The Bertz CT molecular complexity index is 854. The molecule has 0 radical (unpaired) electrons. The summed E-state index contributed by atoms with van der Waals surface area (Å²) in [7, 11) is 0. The lowest BCUT2D eigenvalue weighted by atomic mass is 10.2. The van der Waals surface area contributed by atoms with Gasteiger partial charge in [0.05, 0.1) is 16.9 Å². The minimum atomic E-state index is -0.211. The van der Waals surface area contributed by atoms with Crippen molar-refractivity contribution in [2.75, 3.05) is 11.1 Å². The molecule has 2 heterocycles. The molecular formula is C14H15N5OS. The molecule has 0 amide bonds. The van der Waals surface area contributed by atoms with E-state index in [9.17, 15) is 4.79 Å². The molecule has 0 bridgehead atoms. The summed E-state index contributed by atoms with van der Waals surface area (Å²) in [5, 5.41) is 4.61. The van der Waals surface area contributed by atoms with Crippen molar-refractivity contribution in [2.24, 2.45) is 0 Å². The first-order valence-electron chi connectivity index (χ1n) is 6.51. The second-order valence-corrected chi connectivity index (χ2v) is 6.13. The highest BCUT2D eigenvalue weighted by Crippen LogP contribution is 2.22. The van der Waals surface area contributed by atoms with E-state index in [1.165, 1.54) is 0 Å². The summed E-state index contributed by atoms with van der Waals surface area (Å²) in [6, 6.07) is 5.06. The smallest absolute Gasteiger partial charge is 0.260 e. The Labute approximate surface area is 125 Å². The third kappa shape index (κ3) is 2.73. The monoisotopic (exact) mass is 301 g/mol. The van der Waals surface area contributed by atoms with Gasteiger partial charge < -0.3 is 11.1 Å². The number of fused-ring (bicyclic) bond motifs is 1. The molecule has 1 atom stereocenters. The largest absolute Gasteiger partial charge is 0.399 e. The third-order valence-electron chi connectivity index (χ3n) is 3.09. The highest BCUT2D eigenvalue weighted by molar-refractivity contribution is 7.11. The van der Waals surface area contributed by atoms with Gasteiger partial charge in [0.15, 0.2) is 0 Å². The number of hydrogen-bond donors (Lipinski definition) is 3. The molecule has 7 heteroatoms. The number of anilines is 2. The number of aryl methyl sites for hydroxylation is 1. The van der Waals surface area contributed by atoms with E-state index in [1.54, 1.807) is 29.5 Å². The molecular weight excluding hydrogens is 286 g/mol. The molecule has 0 saturated heterocycles. The lowest BCUT2D eigenvalue weighted by Crippen LogP contribution is -2.15. The van der Waals surface area contributed by atoms with Gasteiger partial charge in [0.1, 0.15) is 5.01 Å². The number of thiazole rings is 1. The molecule has 0 spiro atoms. The van der Waals surface area contributed by atoms with Crippen LogP contribution in [0.25, 0.3) is 10.9 Å². The number of aromatic amines is 1. The Morgan fingerprint density at radius 2 is 2.24 bits per heavy atom. The normalized spacial score (nSPS) is 12.5. The molecule has 0 aliphatic carbocycles. The van der Waals surface area contributed by atoms with Crippen molar-refractivity contribution >= 4 is 33.9 Å². The Morgan fingerprint density at radius 3 is 2.95 bits per heavy atom. The maximum Gasteiger partial charge on any atom is 0.260 e. The van der Waals surface area contributed by atoms with Gasteiger partial charge in [-0.1, -0.05) is 0 Å². The predicted molar refractivity (Wildman–Crippen MR) is 85.7 cm³/mol. The fourth-order valence-corrected chi connectivity index (χ4v) is 2.84. The summed E-state index contributed by atoms with van der Waals surface area (Å²) in [6.07, 6.45) is 1.83. The minimum absolute atomic E-state index is 0.0296. The first-order chi connectivity index (χ1) is 10.0. The number of benzene rings is 1. The van der Waals surface area contributed by atoms with Crippen molar-refractivity contribution in [3.63, 3.8) is 0 Å². The molecule has 4 N–H and O–H groups in total. The summed E-state index contributed by atoms with van der Waals surface area (Å²) in [4.78, 5) is 24.7. The number of nitrogens with one attached hydrogen (secondary N) is 2. The average Bonchev–Trinajstić information content (AvgIpc) is 2.86. The van der Waals surface area contributed by atoms with Gasteiger partial charge >= 0.3 is 0 Å². The van der Waals surface area contributed by atoms with Crippen LogP contribution in [0.15, 0.2) is 29.2 Å². The Balaban J connectivity index is 1.94. The summed E-state index contributed by atoms with van der Waals surface area (Å²) >= 11 is 1.61. The first-order valence-corrected chi connectivity index (χ1v) is 7.33. The molecule has 1 unspecified atom stereocenters. The number of H-pyrrole nitrogens is 1. The molecule has 108 valence electrons. The SMILES string of the molecule is Cc1cnc(C(C)Nc2nc3ccc(N)cc3c(=O)[nH]2)s1. The van der Waals surface area contributed by atoms with Crippen LogP contribution >= 0.6 is 11.3 Å². The zero-order chi connectivity index (χ0) is 15.0. The van der Waals surface area contributed by atoms with Gasteiger partial charge in [-0.05, 0) is 32.0 Å². The lowest BCUT2D eigenvalue weighted by Gasteiger charge is -2.12. The maximum absolute atomic E-state index is 12.1. The van der Waals surface area contributed by atoms with Gasteiger partial charge in [-0.3, -0.25) is 9.78 Å². The van der Waals surface area contributed by atoms with Gasteiger partial charge in [0.25, 0.3) is 5.56 Å². The van der Waals surface area contributed by atoms with E-state index in [1.807, 2.05) is 20.0 Å². The van der Waals surface area contributed by atoms with Crippen LogP contribution in [0.2, 0.25) is 0 Å². The molecule has 0 fully saturated rings. The highest BCUT2D eigenvalue weighted by Gasteiger charge is 2.11. The summed E-state index contributed by atoms with van der Waals surface area (Å²) in [5.74, 6) is 0.428. The zero-order valence-corrected chi connectivity index (χ0v) is 12.5. The number of aromatic nitrogens is 3. The zero-order valence-electron chi connectivity index (χ0n) is 11.7. The van der Waals surface area contributed by atoms with Crippen molar-refractivity contribution in [1.29, 1.82) is 0 Å². The predicted octanol–water partition coefficient (Wildman–Crippen LogP) is 2.44. The minimum Gasteiger partial charge on any atom is -0.399 e. The molecule has 2 aromatic heterocycles. The second kappa shape index (κ2) is 5.17. The van der Waals surface area contributed by atoms with E-state index in [-0.39, 0.29) is 11.6 Å². The Morgan fingerprint density at radius 1 is 1.43 bits per heavy atom. The topological polar surface area (TPSA) is 96.7 Å². The van der Waals surface area contributed by atoms with Crippen LogP contribution in [-0.2, 0) is 0 Å². The number of nitrogen functional groups attached to an aromatic ring is 1. The van der Waals surface area contributed by atoms with Gasteiger partial charge in [-0.2, -0.15) is 0 Å². The van der Waals surface area contributed by atoms with Crippen molar-refractivity contribution in [3.05, 3.63) is 44.6 Å². The van der Waals surface area contributed by atoms with Crippen molar-refractivity contribution in [3.8, 4) is 0 Å². The van der Waals surface area contributed by atoms with Crippen LogP contribution in [0, 0.1) is 6.92 Å². The molecule has 1 aromatic carbocycles. The molecule has 0 aliphatic heterocycles. The third-order valence-corrected chi connectivity index (χ3v) is 4.19. The molecule has 3 aromatic rings. The van der Waals surface area contributed by atoms with Gasteiger partial charge in [-0.15, -0.1) is 11.3 Å². The van der Waals surface area contributed by atoms with Crippen molar-refractivity contribution < 1.29 is 0 Å². The van der Waals surface area contributed by atoms with Gasteiger partial charge in [0.2, 0.25) is 5.95 Å². The Kier molecular flexibility index (Phi) is 3.34. The van der Waals surface area contributed by atoms with Crippen LogP contribution in [0.4, 0.5) is 11.6 Å². The number of hydrogen-bond acceptors (Lipinski definition) is 6. The molecule has 0 saturated carbocycles. The molecule has 3 rings (SSSR count). The first kappa shape index (κ1) is 13.6. The van der Waals surface area contributed by atoms with E-state index < -0.39 is 0 Å². The number of nitrogens with two attached hydrogens (primary N) is 1. The van der Waals surface area contributed by atoms with E-state index in [0.29, 0.717) is 22.5 Å². The van der Waals surface area contributed by atoms with Gasteiger partial charge in [0, 0.05) is 16.8 Å². The van der Waals surface area contributed by atoms with Crippen LogP contribution in [0.5, 0.6) is 0 Å². The summed E-state index contributed by atoms with van der Waals surface area (Å²) in [5.41, 5.74) is 6.63. The van der Waals surface area contributed by atoms with E-state index in [2.05, 4.69) is 20.3 Å². The van der Waals surface area contributed by atoms with E-state index in [0.717, 1.165) is 9.88 Å². The fourth-order valence-electron chi connectivity index (χ4n) is 2.06.